The van der Waals surface area contributed by atoms with Crippen LogP contribution in [0.3, 0.4) is 0 Å². The summed E-state index contributed by atoms with van der Waals surface area (Å²) < 4.78 is 0. The van der Waals surface area contributed by atoms with Crippen molar-refractivity contribution in [2.24, 2.45) is 0 Å². The molecule has 0 radical (unpaired) electrons. The molecule has 0 aromatic heterocycles. The number of rotatable bonds is 2. The molecular weight excluding hydrogens is 188 g/mol. The number of aliphatic hydroxyl groups excluding tert-OH is 1. The van der Waals surface area contributed by atoms with Gasteiger partial charge in [0.15, 0.2) is 0 Å². The van der Waals surface area contributed by atoms with E-state index in [0.717, 1.165) is 19.4 Å². The molecule has 0 aromatic rings. The van der Waals surface area contributed by atoms with Crippen LogP contribution in [0, 0.1) is 0 Å². The van der Waals surface area contributed by atoms with Gasteiger partial charge in [-0.1, -0.05) is 0 Å². The van der Waals surface area contributed by atoms with Crippen LogP contribution in [0.4, 0.5) is 0 Å². The minimum Gasteiger partial charge on any atom is -0.393 e. The Bertz CT molecular complexity index is 178. The van der Waals surface area contributed by atoms with Gasteiger partial charge in [-0.25, -0.2) is 0 Å². The second kappa shape index (κ2) is 5.83. The molecular formula is C12H24N2O. The van der Waals surface area contributed by atoms with E-state index in [0.29, 0.717) is 12.1 Å². The average molecular weight is 212 g/mol. The van der Waals surface area contributed by atoms with E-state index >= 15 is 0 Å². The van der Waals surface area contributed by atoms with Gasteiger partial charge in [0.1, 0.15) is 0 Å². The van der Waals surface area contributed by atoms with Crippen molar-refractivity contribution in [3.8, 4) is 0 Å². The summed E-state index contributed by atoms with van der Waals surface area (Å²) in [5, 5.41) is 16.8. The van der Waals surface area contributed by atoms with E-state index in [2.05, 4.69) is 10.6 Å². The fraction of sp³-hybridized carbons (Fsp3) is 1.00. The highest BCUT2D eigenvalue weighted by Gasteiger charge is 2.22. The van der Waals surface area contributed by atoms with E-state index in [4.69, 9.17) is 0 Å². The molecule has 1 aliphatic carbocycles. The third-order valence-corrected chi connectivity index (χ3v) is 3.69. The second-order valence-electron chi connectivity index (χ2n) is 5.06. The van der Waals surface area contributed by atoms with Gasteiger partial charge in [-0.15, -0.1) is 0 Å². The highest BCUT2D eigenvalue weighted by molar-refractivity contribution is 4.82. The van der Waals surface area contributed by atoms with Crippen molar-refractivity contribution in [2.45, 2.75) is 63.1 Å². The van der Waals surface area contributed by atoms with Crippen LogP contribution in [-0.4, -0.2) is 36.4 Å². The van der Waals surface area contributed by atoms with Crippen molar-refractivity contribution in [1.82, 2.24) is 10.6 Å². The molecule has 1 heterocycles. The summed E-state index contributed by atoms with van der Waals surface area (Å²) in [7, 11) is 0. The third kappa shape index (κ3) is 3.74. The molecule has 3 nitrogen and oxygen atoms in total. The summed E-state index contributed by atoms with van der Waals surface area (Å²) in [4.78, 5) is 0. The van der Waals surface area contributed by atoms with Crippen LogP contribution in [0.5, 0.6) is 0 Å². The molecule has 2 aliphatic rings. The first-order valence-electron chi connectivity index (χ1n) is 6.49. The molecule has 0 amide bonds. The van der Waals surface area contributed by atoms with Gasteiger partial charge >= 0.3 is 0 Å². The first-order chi connectivity index (χ1) is 7.34. The quantitative estimate of drug-likeness (QED) is 0.640. The first kappa shape index (κ1) is 11.4. The van der Waals surface area contributed by atoms with Gasteiger partial charge < -0.3 is 15.7 Å². The standard InChI is InChI=1S/C12H24N2O/c15-12-5-1-3-11(9-12)14-10-4-2-7-13-8-6-10/h10-15H,1-9H2. The van der Waals surface area contributed by atoms with Crippen LogP contribution in [0.15, 0.2) is 0 Å². The lowest BCUT2D eigenvalue weighted by molar-refractivity contribution is 0.108. The molecule has 0 aromatic carbocycles. The Hall–Kier alpha value is -0.120. The molecule has 3 N–H and O–H groups in total. The molecule has 1 aliphatic heterocycles. The van der Waals surface area contributed by atoms with Crippen molar-refractivity contribution in [1.29, 1.82) is 0 Å². The molecule has 0 spiro atoms. The Labute approximate surface area is 92.6 Å². The molecule has 0 bridgehead atoms. The van der Waals surface area contributed by atoms with Gasteiger partial charge in [-0.05, 0) is 58.0 Å². The van der Waals surface area contributed by atoms with Crippen LogP contribution >= 0.6 is 0 Å². The summed E-state index contributed by atoms with van der Waals surface area (Å²) in [6.45, 7) is 2.32. The van der Waals surface area contributed by atoms with Gasteiger partial charge in [0.2, 0.25) is 0 Å². The highest BCUT2D eigenvalue weighted by Crippen LogP contribution is 2.20. The molecule has 3 heteroatoms. The van der Waals surface area contributed by atoms with Crippen LogP contribution in [0.25, 0.3) is 0 Å². The van der Waals surface area contributed by atoms with Crippen molar-refractivity contribution in [3.63, 3.8) is 0 Å². The van der Waals surface area contributed by atoms with Crippen LogP contribution in [-0.2, 0) is 0 Å². The van der Waals surface area contributed by atoms with Crippen molar-refractivity contribution in [2.75, 3.05) is 13.1 Å². The summed E-state index contributed by atoms with van der Waals surface area (Å²) in [5.41, 5.74) is 0. The van der Waals surface area contributed by atoms with Crippen LogP contribution in [0.2, 0.25) is 0 Å². The van der Waals surface area contributed by atoms with Crippen molar-refractivity contribution in [3.05, 3.63) is 0 Å². The van der Waals surface area contributed by atoms with E-state index < -0.39 is 0 Å². The largest absolute Gasteiger partial charge is 0.393 e. The zero-order valence-corrected chi connectivity index (χ0v) is 9.54. The Morgan fingerprint density at radius 2 is 1.80 bits per heavy atom. The summed E-state index contributed by atoms with van der Waals surface area (Å²) in [5.74, 6) is 0. The predicted octanol–water partition coefficient (Wildman–Crippen LogP) is 1.02. The van der Waals surface area contributed by atoms with E-state index in [9.17, 15) is 5.11 Å². The normalized spacial score (nSPS) is 38.6. The topological polar surface area (TPSA) is 44.3 Å². The minimum atomic E-state index is -0.0554. The van der Waals surface area contributed by atoms with Crippen LogP contribution in [0.1, 0.15) is 44.9 Å². The molecule has 3 unspecified atom stereocenters. The lowest BCUT2D eigenvalue weighted by Gasteiger charge is -2.30. The van der Waals surface area contributed by atoms with E-state index in [-0.39, 0.29) is 6.10 Å². The zero-order chi connectivity index (χ0) is 10.5. The fourth-order valence-electron chi connectivity index (χ4n) is 2.83. The fourth-order valence-corrected chi connectivity index (χ4v) is 2.83. The molecule has 88 valence electrons. The number of aliphatic hydroxyl groups is 1. The maximum absolute atomic E-state index is 9.61. The van der Waals surface area contributed by atoms with E-state index in [1.165, 1.54) is 38.6 Å². The Morgan fingerprint density at radius 3 is 2.67 bits per heavy atom. The lowest BCUT2D eigenvalue weighted by atomic mass is 9.92. The molecule has 1 saturated heterocycles. The highest BCUT2D eigenvalue weighted by atomic mass is 16.3. The Kier molecular flexibility index (Phi) is 4.42. The van der Waals surface area contributed by atoms with Crippen molar-refractivity contribution >= 4 is 0 Å². The van der Waals surface area contributed by atoms with Gasteiger partial charge in [-0.2, -0.15) is 0 Å². The minimum absolute atomic E-state index is 0.0554. The Balaban J connectivity index is 1.74. The lowest BCUT2D eigenvalue weighted by Crippen LogP contribution is -2.42. The summed E-state index contributed by atoms with van der Waals surface area (Å²) >= 11 is 0. The SMILES string of the molecule is OC1CCCC(NC2CCCNCC2)C1. The van der Waals surface area contributed by atoms with Gasteiger partial charge in [0, 0.05) is 12.1 Å². The Morgan fingerprint density at radius 1 is 0.933 bits per heavy atom. The average Bonchev–Trinajstić information content (AvgIpc) is 2.46. The monoisotopic (exact) mass is 212 g/mol. The predicted molar refractivity (Wildman–Crippen MR) is 61.9 cm³/mol. The molecule has 1 saturated carbocycles. The number of hydrogen-bond acceptors (Lipinski definition) is 3. The van der Waals surface area contributed by atoms with Crippen molar-refractivity contribution < 1.29 is 5.11 Å². The maximum Gasteiger partial charge on any atom is 0.0555 e. The molecule has 15 heavy (non-hydrogen) atoms. The van der Waals surface area contributed by atoms with Gasteiger partial charge in [0.25, 0.3) is 0 Å². The molecule has 2 rings (SSSR count). The first-order valence-corrected chi connectivity index (χ1v) is 6.49. The number of hydrogen-bond donors (Lipinski definition) is 3. The van der Waals surface area contributed by atoms with Gasteiger partial charge in [-0.3, -0.25) is 0 Å². The number of nitrogens with one attached hydrogen (secondary N) is 2. The maximum atomic E-state index is 9.61. The summed E-state index contributed by atoms with van der Waals surface area (Å²) in [6.07, 6.45) is 8.17. The van der Waals surface area contributed by atoms with Gasteiger partial charge in [0.05, 0.1) is 6.10 Å². The third-order valence-electron chi connectivity index (χ3n) is 3.69. The smallest absolute Gasteiger partial charge is 0.0555 e. The summed E-state index contributed by atoms with van der Waals surface area (Å²) in [6, 6.07) is 1.24. The van der Waals surface area contributed by atoms with Crippen LogP contribution < -0.4 is 10.6 Å². The molecule has 3 atom stereocenters. The zero-order valence-electron chi connectivity index (χ0n) is 9.54. The molecule has 2 fully saturated rings. The van der Waals surface area contributed by atoms with E-state index in [1.54, 1.807) is 0 Å². The second-order valence-corrected chi connectivity index (χ2v) is 5.06. The van der Waals surface area contributed by atoms with E-state index in [1.807, 2.05) is 0 Å².